The normalized spacial score (nSPS) is 23.4. The average Bonchev–Trinajstić information content (AvgIpc) is 2.83. The van der Waals surface area contributed by atoms with E-state index in [4.69, 9.17) is 10.5 Å². The molecule has 1 aromatic heterocycles. The van der Waals surface area contributed by atoms with Gasteiger partial charge < -0.3 is 15.5 Å². The molecule has 1 saturated heterocycles. The van der Waals surface area contributed by atoms with Crippen LogP contribution in [0.4, 0.5) is 0 Å². The van der Waals surface area contributed by atoms with Crippen LogP contribution in [0.3, 0.4) is 0 Å². The van der Waals surface area contributed by atoms with Crippen molar-refractivity contribution in [3.8, 4) is 0 Å². The molecule has 90 valence electrons. The monoisotopic (exact) mass is 246 g/mol. The molecule has 0 aromatic carbocycles. The molecule has 2 heterocycles. The molecule has 1 aromatic rings. The lowest BCUT2D eigenvalue weighted by Gasteiger charge is -2.33. The molecule has 0 aliphatic carbocycles. The molecule has 1 aliphatic heterocycles. The molecule has 1 unspecified atom stereocenters. The van der Waals surface area contributed by atoms with Crippen LogP contribution in [0, 0.1) is 0 Å². The van der Waals surface area contributed by atoms with Gasteiger partial charge in [-0.1, -0.05) is 0 Å². The molecule has 0 spiro atoms. The van der Waals surface area contributed by atoms with Gasteiger partial charge in [0.2, 0.25) is 0 Å². The number of aromatic nitrogens is 2. The molecule has 7 nitrogen and oxygen atoms in total. The van der Waals surface area contributed by atoms with E-state index in [0.717, 1.165) is 0 Å². The summed E-state index contributed by atoms with van der Waals surface area (Å²) in [6.07, 6.45) is 2.63. The van der Waals surface area contributed by atoms with E-state index in [1.165, 1.54) is 16.8 Å². The molecule has 3 N–H and O–H groups in total. The number of rotatable bonds is 3. The Labute approximate surface area is 93.7 Å². The molecule has 8 heteroatoms. The first-order valence-electron chi connectivity index (χ1n) is 4.94. The number of nitrogens with one attached hydrogen (secondary N) is 1. The smallest absolute Gasteiger partial charge is 0.260 e. The van der Waals surface area contributed by atoms with Crippen LogP contribution in [-0.2, 0) is 14.8 Å². The number of nitrogens with zero attached hydrogens (tertiary/aromatic N) is 2. The van der Waals surface area contributed by atoms with Crippen LogP contribution in [-0.4, -0.2) is 55.0 Å². The summed E-state index contributed by atoms with van der Waals surface area (Å²) in [5, 5.41) is 0.0906. The van der Waals surface area contributed by atoms with Crippen molar-refractivity contribution < 1.29 is 13.2 Å². The van der Waals surface area contributed by atoms with E-state index < -0.39 is 10.0 Å². The molecule has 0 radical (unpaired) electrons. The van der Waals surface area contributed by atoms with E-state index in [9.17, 15) is 8.42 Å². The number of sulfonamides is 1. The van der Waals surface area contributed by atoms with Crippen LogP contribution in [0.25, 0.3) is 0 Å². The number of aromatic amines is 1. The summed E-state index contributed by atoms with van der Waals surface area (Å²) in [7, 11) is -3.52. The van der Waals surface area contributed by atoms with Crippen molar-refractivity contribution in [2.45, 2.75) is 11.1 Å². The number of hydrogen-bond donors (Lipinski definition) is 2. The number of morpholine rings is 1. The number of ether oxygens (including phenoxy) is 1. The Balaban J connectivity index is 2.28. The first kappa shape index (κ1) is 11.5. The first-order valence-corrected chi connectivity index (χ1v) is 6.38. The highest BCUT2D eigenvalue weighted by Crippen LogP contribution is 2.17. The Morgan fingerprint density at radius 2 is 2.50 bits per heavy atom. The fraction of sp³-hybridized carbons (Fsp3) is 0.625. The third-order valence-corrected chi connectivity index (χ3v) is 4.38. The number of imidazole rings is 1. The van der Waals surface area contributed by atoms with Gasteiger partial charge in [-0.15, -0.1) is 0 Å². The predicted octanol–water partition coefficient (Wildman–Crippen LogP) is -1.24. The Morgan fingerprint density at radius 3 is 3.12 bits per heavy atom. The van der Waals surface area contributed by atoms with Crippen molar-refractivity contribution in [1.29, 1.82) is 0 Å². The van der Waals surface area contributed by atoms with Crippen molar-refractivity contribution in [3.05, 3.63) is 12.5 Å². The Hall–Kier alpha value is -0.960. The van der Waals surface area contributed by atoms with Crippen LogP contribution in [0.1, 0.15) is 0 Å². The summed E-state index contributed by atoms with van der Waals surface area (Å²) in [5.74, 6) is 0. The fourth-order valence-corrected chi connectivity index (χ4v) is 3.15. The second kappa shape index (κ2) is 4.50. The van der Waals surface area contributed by atoms with Gasteiger partial charge >= 0.3 is 0 Å². The molecule has 0 bridgehead atoms. The van der Waals surface area contributed by atoms with Gasteiger partial charge in [0.25, 0.3) is 10.0 Å². The van der Waals surface area contributed by atoms with Gasteiger partial charge in [-0.25, -0.2) is 13.4 Å². The minimum atomic E-state index is -3.52. The highest BCUT2D eigenvalue weighted by atomic mass is 32.2. The minimum Gasteiger partial charge on any atom is -0.378 e. The lowest BCUT2D eigenvalue weighted by molar-refractivity contribution is 0.0357. The van der Waals surface area contributed by atoms with Crippen molar-refractivity contribution >= 4 is 10.0 Å². The number of nitrogens with two attached hydrogens (primary N) is 1. The molecular formula is C8H14N4O3S. The average molecular weight is 246 g/mol. The molecule has 1 aliphatic rings. The Morgan fingerprint density at radius 1 is 1.69 bits per heavy atom. The predicted molar refractivity (Wildman–Crippen MR) is 56.1 cm³/mol. The quantitative estimate of drug-likeness (QED) is 0.694. The zero-order chi connectivity index (χ0) is 11.6. The zero-order valence-electron chi connectivity index (χ0n) is 8.67. The van der Waals surface area contributed by atoms with Gasteiger partial charge in [-0.05, 0) is 0 Å². The summed E-state index contributed by atoms with van der Waals surface area (Å²) < 4.78 is 30.9. The second-order valence-electron chi connectivity index (χ2n) is 3.50. The lowest BCUT2D eigenvalue weighted by Crippen LogP contribution is -2.51. The maximum Gasteiger partial charge on any atom is 0.260 e. The standard InChI is InChI=1S/C8H14N4O3S/c9-3-7-5-15-2-1-12(7)16(13,14)8-4-10-6-11-8/h4,6-7H,1-3,5,9H2,(H,10,11). The second-order valence-corrected chi connectivity index (χ2v) is 5.36. The summed E-state index contributed by atoms with van der Waals surface area (Å²) in [5.41, 5.74) is 5.53. The van der Waals surface area contributed by atoms with Gasteiger partial charge in [-0.2, -0.15) is 4.31 Å². The summed E-state index contributed by atoms with van der Waals surface area (Å²) in [6.45, 7) is 1.30. The molecule has 0 saturated carbocycles. The molecule has 0 amide bonds. The Bertz CT molecular complexity index is 430. The van der Waals surface area contributed by atoms with Gasteiger partial charge in [-0.3, -0.25) is 0 Å². The fourth-order valence-electron chi connectivity index (χ4n) is 1.65. The first-order chi connectivity index (χ1) is 7.66. The van der Waals surface area contributed by atoms with E-state index in [-0.39, 0.29) is 17.6 Å². The highest BCUT2D eigenvalue weighted by molar-refractivity contribution is 7.89. The molecule has 1 fully saturated rings. The maximum absolute atomic E-state index is 12.2. The van der Waals surface area contributed by atoms with Crippen LogP contribution in [0.2, 0.25) is 0 Å². The largest absolute Gasteiger partial charge is 0.378 e. The topological polar surface area (TPSA) is 101 Å². The van der Waals surface area contributed by atoms with E-state index >= 15 is 0 Å². The van der Waals surface area contributed by atoms with Gasteiger partial charge in [0, 0.05) is 13.1 Å². The Kier molecular flexibility index (Phi) is 3.24. The van der Waals surface area contributed by atoms with Crippen LogP contribution in [0.15, 0.2) is 17.6 Å². The van der Waals surface area contributed by atoms with Crippen LogP contribution in [0.5, 0.6) is 0 Å². The van der Waals surface area contributed by atoms with Crippen LogP contribution < -0.4 is 5.73 Å². The highest BCUT2D eigenvalue weighted by Gasteiger charge is 2.33. The van der Waals surface area contributed by atoms with Crippen molar-refractivity contribution in [2.24, 2.45) is 5.73 Å². The van der Waals surface area contributed by atoms with E-state index in [0.29, 0.717) is 19.8 Å². The summed E-state index contributed by atoms with van der Waals surface area (Å²) in [4.78, 5) is 6.31. The number of hydrogen-bond acceptors (Lipinski definition) is 5. The van der Waals surface area contributed by atoms with Crippen LogP contribution >= 0.6 is 0 Å². The third kappa shape index (κ3) is 1.96. The van der Waals surface area contributed by atoms with Crippen molar-refractivity contribution in [1.82, 2.24) is 14.3 Å². The van der Waals surface area contributed by atoms with Gasteiger partial charge in [0.15, 0.2) is 5.03 Å². The molecule has 16 heavy (non-hydrogen) atoms. The summed E-state index contributed by atoms with van der Waals surface area (Å²) >= 11 is 0. The SMILES string of the molecule is NCC1COCCN1S(=O)(=O)c1cnc[nH]1. The molecule has 1 atom stereocenters. The van der Waals surface area contributed by atoms with Gasteiger partial charge in [0.05, 0.1) is 31.8 Å². The lowest BCUT2D eigenvalue weighted by atomic mass is 10.3. The molecule has 2 rings (SSSR count). The molecular weight excluding hydrogens is 232 g/mol. The van der Waals surface area contributed by atoms with Crippen molar-refractivity contribution in [3.63, 3.8) is 0 Å². The number of H-pyrrole nitrogens is 1. The summed E-state index contributed by atoms with van der Waals surface area (Å²) in [6, 6.07) is -0.304. The van der Waals surface area contributed by atoms with Gasteiger partial charge in [0.1, 0.15) is 0 Å². The van der Waals surface area contributed by atoms with E-state index in [2.05, 4.69) is 9.97 Å². The van der Waals surface area contributed by atoms with Crippen molar-refractivity contribution in [2.75, 3.05) is 26.3 Å². The zero-order valence-corrected chi connectivity index (χ0v) is 9.48. The van der Waals surface area contributed by atoms with E-state index in [1.807, 2.05) is 0 Å². The maximum atomic E-state index is 12.2. The van der Waals surface area contributed by atoms with E-state index in [1.54, 1.807) is 0 Å². The minimum absolute atomic E-state index is 0.0906. The third-order valence-electron chi connectivity index (χ3n) is 2.51.